The van der Waals surface area contributed by atoms with Crippen LogP contribution in [0.5, 0.6) is 0 Å². The largest absolute Gasteiger partial charge is 0.309 e. The summed E-state index contributed by atoms with van der Waals surface area (Å²) in [6.45, 7) is 0. The van der Waals surface area contributed by atoms with Gasteiger partial charge >= 0.3 is 0 Å². The first-order valence-electron chi connectivity index (χ1n) is 25.0. The van der Waals surface area contributed by atoms with E-state index in [1.165, 1.54) is 0 Å². The lowest BCUT2D eigenvalue weighted by Gasteiger charge is -2.20. The minimum absolute atomic E-state index is 0.404. The fraction of sp³-hybridized carbons (Fsp3) is 0. The smallest absolute Gasteiger partial charge is 0.164 e. The Bertz CT molecular complexity index is 4800. The van der Waals surface area contributed by atoms with Gasteiger partial charge in [0.15, 0.2) is 17.5 Å². The Morgan fingerprint density at radius 1 is 0.269 bits per heavy atom. The van der Waals surface area contributed by atoms with E-state index in [1.807, 2.05) is 133 Å². The molecule has 0 atom stereocenters. The van der Waals surface area contributed by atoms with Crippen molar-refractivity contribution in [2.45, 2.75) is 0 Å². The molecule has 13 rings (SSSR count). The zero-order valence-corrected chi connectivity index (χ0v) is 41.3. The normalized spacial score (nSPS) is 11.0. The number of benzene rings is 10. The standard InChI is InChI=1S/C68H36N10/c69-37-42-19-25-52(50(31-42)40-72)47-22-28-62-57(34-47)54-15-7-9-17-60(54)77(62)63-30-24-49(68-75-66(45-11-3-1-4-12-45)74-67(76-68)46-13-5-2-6-14-46)36-59(63)56-27-21-44(39-71)33-65(56)78-61-18-10-8-16-55(61)58-35-48(23-29-64(58)78)53-26-20-43(38-70)32-51(53)41-73/h1-36H. The molecule has 358 valence electrons. The van der Waals surface area contributed by atoms with E-state index in [9.17, 15) is 26.3 Å². The van der Waals surface area contributed by atoms with E-state index in [0.717, 1.165) is 99.5 Å². The first kappa shape index (κ1) is 46.1. The molecule has 3 heterocycles. The summed E-state index contributed by atoms with van der Waals surface area (Å²) < 4.78 is 4.47. The highest BCUT2D eigenvalue weighted by Gasteiger charge is 2.24. The van der Waals surface area contributed by atoms with Crippen LogP contribution < -0.4 is 0 Å². The van der Waals surface area contributed by atoms with Crippen LogP contribution in [0.3, 0.4) is 0 Å². The topological polar surface area (TPSA) is 167 Å². The van der Waals surface area contributed by atoms with E-state index in [1.54, 1.807) is 24.3 Å². The van der Waals surface area contributed by atoms with Crippen LogP contribution in [0.15, 0.2) is 218 Å². The average Bonchev–Trinajstić information content (AvgIpc) is 4.25. The van der Waals surface area contributed by atoms with Crippen LogP contribution in [0.1, 0.15) is 27.8 Å². The molecule has 10 nitrogen and oxygen atoms in total. The molecule has 0 N–H and O–H groups in total. The van der Waals surface area contributed by atoms with Gasteiger partial charge in [-0.15, -0.1) is 0 Å². The summed E-state index contributed by atoms with van der Waals surface area (Å²) in [4.78, 5) is 15.3. The number of rotatable bonds is 8. The molecule has 0 radical (unpaired) electrons. The lowest BCUT2D eigenvalue weighted by atomic mass is 9.96. The molecule has 0 aliphatic heterocycles. The summed E-state index contributed by atoms with van der Waals surface area (Å²) in [7, 11) is 0. The van der Waals surface area contributed by atoms with Crippen molar-refractivity contribution in [2.24, 2.45) is 0 Å². The van der Waals surface area contributed by atoms with Crippen LogP contribution in [0.4, 0.5) is 0 Å². The molecule has 13 aromatic rings. The molecule has 0 saturated carbocycles. The molecule has 0 saturated heterocycles. The van der Waals surface area contributed by atoms with Gasteiger partial charge in [0, 0.05) is 49.4 Å². The molecule has 0 spiro atoms. The molecular formula is C68H36N10. The van der Waals surface area contributed by atoms with Crippen molar-refractivity contribution in [1.82, 2.24) is 24.1 Å². The number of aromatic nitrogens is 5. The summed E-state index contributed by atoms with van der Waals surface area (Å²) >= 11 is 0. The fourth-order valence-corrected chi connectivity index (χ4v) is 10.8. The molecule has 0 bridgehead atoms. The second-order valence-corrected chi connectivity index (χ2v) is 18.8. The maximum absolute atomic E-state index is 10.7. The summed E-state index contributed by atoms with van der Waals surface area (Å²) in [5.74, 6) is 1.52. The zero-order chi connectivity index (χ0) is 52.9. The van der Waals surface area contributed by atoms with Gasteiger partial charge in [-0.2, -0.15) is 26.3 Å². The fourth-order valence-electron chi connectivity index (χ4n) is 10.8. The Kier molecular flexibility index (Phi) is 11.2. The maximum Gasteiger partial charge on any atom is 0.164 e. The number of fused-ring (bicyclic) bond motifs is 6. The predicted octanol–water partition coefficient (Wildman–Crippen LogP) is 15.4. The van der Waals surface area contributed by atoms with E-state index in [-0.39, 0.29) is 0 Å². The van der Waals surface area contributed by atoms with Crippen molar-refractivity contribution in [3.63, 3.8) is 0 Å². The van der Waals surface area contributed by atoms with Gasteiger partial charge in [-0.05, 0) is 113 Å². The van der Waals surface area contributed by atoms with Gasteiger partial charge in [-0.25, -0.2) is 15.0 Å². The minimum atomic E-state index is 0.404. The zero-order valence-electron chi connectivity index (χ0n) is 41.3. The summed E-state index contributed by atoms with van der Waals surface area (Å²) in [5.41, 5.74) is 14.5. The Labute approximate surface area is 447 Å². The van der Waals surface area contributed by atoms with Crippen molar-refractivity contribution in [3.8, 4) is 109 Å². The molecular weight excluding hydrogens is 957 g/mol. The quantitative estimate of drug-likeness (QED) is 0.145. The molecule has 0 aliphatic rings. The van der Waals surface area contributed by atoms with Gasteiger partial charge in [0.1, 0.15) is 0 Å². The molecule has 0 fully saturated rings. The van der Waals surface area contributed by atoms with Crippen molar-refractivity contribution >= 4 is 43.6 Å². The molecule has 0 unspecified atom stereocenters. The maximum atomic E-state index is 10.7. The lowest BCUT2D eigenvalue weighted by molar-refractivity contribution is 1.07. The third-order valence-electron chi connectivity index (χ3n) is 14.4. The van der Waals surface area contributed by atoms with Gasteiger partial charge in [-0.1, -0.05) is 127 Å². The van der Waals surface area contributed by atoms with Gasteiger partial charge < -0.3 is 9.13 Å². The van der Waals surface area contributed by atoms with Crippen LogP contribution in [0.25, 0.3) is 123 Å². The SMILES string of the molecule is N#Cc1ccc(-c2ccc3c(c2)c2ccccc2n3-c2ccc(-c3nc(-c4ccccc4)nc(-c4ccccc4)n3)cc2-c2ccc(C#N)cc2-n2c3ccccc3c3cc(-c4ccc(C#N)cc4C#N)ccc32)c(C#N)c1. The third-order valence-corrected chi connectivity index (χ3v) is 14.4. The van der Waals surface area contributed by atoms with E-state index >= 15 is 0 Å². The second-order valence-electron chi connectivity index (χ2n) is 18.8. The monoisotopic (exact) mass is 992 g/mol. The van der Waals surface area contributed by atoms with Crippen LogP contribution in [-0.2, 0) is 0 Å². The molecule has 10 aromatic carbocycles. The highest BCUT2D eigenvalue weighted by molar-refractivity contribution is 6.13. The number of para-hydroxylation sites is 2. The van der Waals surface area contributed by atoms with Crippen molar-refractivity contribution in [1.29, 1.82) is 26.3 Å². The Hall–Kier alpha value is -11.7. The van der Waals surface area contributed by atoms with Crippen LogP contribution in [-0.4, -0.2) is 24.1 Å². The molecule has 78 heavy (non-hydrogen) atoms. The summed E-state index contributed by atoms with van der Waals surface area (Å²) in [6, 6.07) is 82.4. The van der Waals surface area contributed by atoms with Crippen molar-refractivity contribution < 1.29 is 0 Å². The van der Waals surface area contributed by atoms with Crippen LogP contribution in [0.2, 0.25) is 0 Å². The lowest BCUT2D eigenvalue weighted by Crippen LogP contribution is -2.04. The van der Waals surface area contributed by atoms with E-state index in [0.29, 0.717) is 50.9 Å². The average molecular weight is 993 g/mol. The predicted molar refractivity (Wildman–Crippen MR) is 305 cm³/mol. The van der Waals surface area contributed by atoms with Gasteiger partial charge in [0.25, 0.3) is 0 Å². The molecule has 0 amide bonds. The van der Waals surface area contributed by atoms with E-state index in [4.69, 9.17) is 15.0 Å². The highest BCUT2D eigenvalue weighted by atomic mass is 15.0. The Balaban J connectivity index is 1.10. The van der Waals surface area contributed by atoms with E-state index in [2.05, 4.69) is 100 Å². The molecule has 3 aromatic heterocycles. The number of hydrogen-bond donors (Lipinski definition) is 0. The molecule has 0 aliphatic carbocycles. The van der Waals surface area contributed by atoms with Crippen molar-refractivity contribution in [3.05, 3.63) is 246 Å². The van der Waals surface area contributed by atoms with Crippen LogP contribution in [0, 0.1) is 56.7 Å². The third kappa shape index (κ3) is 7.74. The minimum Gasteiger partial charge on any atom is -0.309 e. The highest BCUT2D eigenvalue weighted by Crippen LogP contribution is 2.44. The Morgan fingerprint density at radius 3 is 1.17 bits per heavy atom. The van der Waals surface area contributed by atoms with Gasteiger partial charge in [-0.3, -0.25) is 0 Å². The first-order valence-corrected chi connectivity index (χ1v) is 25.0. The summed E-state index contributed by atoms with van der Waals surface area (Å²) in [5, 5.41) is 54.3. The van der Waals surface area contributed by atoms with E-state index < -0.39 is 0 Å². The molecule has 10 heteroatoms. The summed E-state index contributed by atoms with van der Waals surface area (Å²) in [6.07, 6.45) is 0. The second kappa shape index (κ2) is 18.9. The first-order chi connectivity index (χ1) is 38.4. The number of nitrogens with zero attached hydrogens (tertiary/aromatic N) is 10. The van der Waals surface area contributed by atoms with Gasteiger partial charge in [0.05, 0.1) is 91.6 Å². The van der Waals surface area contributed by atoms with Crippen LogP contribution >= 0.6 is 0 Å². The van der Waals surface area contributed by atoms with Gasteiger partial charge in [0.2, 0.25) is 0 Å². The number of nitriles is 5. The van der Waals surface area contributed by atoms with Crippen molar-refractivity contribution in [2.75, 3.05) is 0 Å². The number of hydrogen-bond acceptors (Lipinski definition) is 8. The Morgan fingerprint density at radius 2 is 0.679 bits per heavy atom.